The van der Waals surface area contributed by atoms with Crippen LogP contribution in [0.4, 0.5) is 0 Å². The molecule has 56 heavy (non-hydrogen) atoms. The number of likely N-dealkylation sites (N-methyl/N-ethyl adjacent to an activating group) is 1. The van der Waals surface area contributed by atoms with Crippen molar-refractivity contribution >= 4 is 24.2 Å². The molecular formula is C40H65NO15. The summed E-state index contributed by atoms with van der Waals surface area (Å²) in [7, 11) is 4.85. The van der Waals surface area contributed by atoms with Gasteiger partial charge < -0.3 is 62.9 Å². The number of aliphatic hydroxyl groups excluding tert-OH is 2. The van der Waals surface area contributed by atoms with Crippen LogP contribution in [0.1, 0.15) is 87.0 Å². The van der Waals surface area contributed by atoms with Crippen LogP contribution in [-0.2, 0) is 57.1 Å². The monoisotopic (exact) mass is 799 g/mol. The first kappa shape index (κ1) is 47.6. The molecule has 3 rings (SSSR count). The first-order valence-electron chi connectivity index (χ1n) is 19.6. The highest BCUT2D eigenvalue weighted by molar-refractivity contribution is 5.72. The lowest BCUT2D eigenvalue weighted by molar-refractivity contribution is -0.344. The molecule has 3 N–H and O–H groups in total. The maximum atomic E-state index is 13.3. The van der Waals surface area contributed by atoms with Crippen molar-refractivity contribution in [3.05, 3.63) is 24.3 Å². The third-order valence-corrected chi connectivity index (χ3v) is 10.6. The second kappa shape index (κ2) is 21.8. The number of nitrogens with zero attached hydrogens (tertiary/aromatic N) is 1. The number of carbonyl (C=O) groups is 4. The Kier molecular flexibility index (Phi) is 18.5. The molecule has 3 aliphatic heterocycles. The highest BCUT2D eigenvalue weighted by Gasteiger charge is 2.53. The van der Waals surface area contributed by atoms with Crippen molar-refractivity contribution < 1.29 is 72.4 Å². The summed E-state index contributed by atoms with van der Waals surface area (Å²) in [5.41, 5.74) is -1.49. The van der Waals surface area contributed by atoms with E-state index in [9.17, 15) is 34.5 Å². The van der Waals surface area contributed by atoms with Gasteiger partial charge in [-0.05, 0) is 60.0 Å². The van der Waals surface area contributed by atoms with Crippen LogP contribution in [0.25, 0.3) is 0 Å². The Hall–Kier alpha value is -2.80. The van der Waals surface area contributed by atoms with Gasteiger partial charge in [0, 0.05) is 39.7 Å². The molecule has 16 atom stereocenters. The molecule has 3 aliphatic rings. The first-order valence-corrected chi connectivity index (χ1v) is 19.6. The minimum atomic E-state index is -1.49. The van der Waals surface area contributed by atoms with Crippen molar-refractivity contribution in [3.63, 3.8) is 0 Å². The van der Waals surface area contributed by atoms with E-state index in [-0.39, 0.29) is 25.7 Å². The third kappa shape index (κ3) is 13.1. The highest BCUT2D eigenvalue weighted by atomic mass is 16.7. The van der Waals surface area contributed by atoms with E-state index in [4.69, 9.17) is 37.9 Å². The molecule has 2 saturated heterocycles. The fraction of sp³-hybridized carbons (Fsp3) is 0.800. The Morgan fingerprint density at radius 2 is 1.71 bits per heavy atom. The zero-order chi connectivity index (χ0) is 41.9. The molecule has 2 fully saturated rings. The molecule has 0 bridgehead atoms. The van der Waals surface area contributed by atoms with E-state index in [2.05, 4.69) is 0 Å². The summed E-state index contributed by atoms with van der Waals surface area (Å²) in [5.74, 6) is -2.91. The maximum Gasteiger partial charge on any atom is 0.309 e. The molecule has 320 valence electrons. The minimum absolute atomic E-state index is 0.000768. The summed E-state index contributed by atoms with van der Waals surface area (Å²) in [4.78, 5) is 51.8. The van der Waals surface area contributed by atoms with Crippen LogP contribution >= 0.6 is 0 Å². The summed E-state index contributed by atoms with van der Waals surface area (Å²) in [5, 5.41) is 34.3. The summed E-state index contributed by atoms with van der Waals surface area (Å²) in [6.07, 6.45) is -4.23. The number of hydrogen-bond donors (Lipinski definition) is 3. The summed E-state index contributed by atoms with van der Waals surface area (Å²) >= 11 is 0. The molecule has 16 heteroatoms. The number of esters is 3. The topological polar surface area (TPSA) is 206 Å². The molecule has 3 heterocycles. The van der Waals surface area contributed by atoms with Crippen molar-refractivity contribution in [3.8, 4) is 0 Å². The number of ether oxygens (including phenoxy) is 8. The van der Waals surface area contributed by atoms with Gasteiger partial charge in [-0.2, -0.15) is 0 Å². The lowest BCUT2D eigenvalue weighted by Gasteiger charge is -2.50. The number of aldehydes is 1. The molecule has 0 radical (unpaired) electrons. The van der Waals surface area contributed by atoms with Crippen molar-refractivity contribution in [2.45, 2.75) is 172 Å². The maximum absolute atomic E-state index is 13.3. The molecule has 0 aromatic rings. The fourth-order valence-electron chi connectivity index (χ4n) is 7.77. The van der Waals surface area contributed by atoms with E-state index in [1.54, 1.807) is 64.9 Å². The number of cyclic esters (lactones) is 1. The van der Waals surface area contributed by atoms with Crippen LogP contribution in [0.15, 0.2) is 24.3 Å². The van der Waals surface area contributed by atoms with Crippen LogP contribution in [0, 0.1) is 11.8 Å². The molecule has 0 aromatic carbocycles. The predicted molar refractivity (Wildman–Crippen MR) is 201 cm³/mol. The molecule has 0 amide bonds. The normalized spacial score (nSPS) is 40.5. The fourth-order valence-corrected chi connectivity index (χ4v) is 7.77. The van der Waals surface area contributed by atoms with Gasteiger partial charge in [-0.15, -0.1) is 0 Å². The summed E-state index contributed by atoms with van der Waals surface area (Å²) < 4.78 is 48.3. The van der Waals surface area contributed by atoms with Gasteiger partial charge in [-0.1, -0.05) is 38.2 Å². The van der Waals surface area contributed by atoms with E-state index < -0.39 is 121 Å². The van der Waals surface area contributed by atoms with E-state index in [0.29, 0.717) is 12.7 Å². The van der Waals surface area contributed by atoms with E-state index in [0.717, 1.165) is 0 Å². The molecule has 0 saturated carbocycles. The Balaban J connectivity index is 2.02. The predicted octanol–water partition coefficient (Wildman–Crippen LogP) is 2.38. The number of carbonyl (C=O) groups excluding carboxylic acids is 4. The number of rotatable bonds is 11. The van der Waals surface area contributed by atoms with Crippen LogP contribution in [0.3, 0.4) is 0 Å². The lowest BCUT2D eigenvalue weighted by atomic mass is 9.82. The molecule has 16 nitrogen and oxygen atoms in total. The SMILES string of the molecule is CCC(=O)OC1CC(=O)OC(C)CC=CC=CC(O)C(C)CC(CC=O)C(OC2OC(C)C(OC3CC(C)(O)C(OC(C)=O)C(C)O3)C(N(C)C)C2O)C1OC. The van der Waals surface area contributed by atoms with Gasteiger partial charge in [-0.3, -0.25) is 14.4 Å². The third-order valence-electron chi connectivity index (χ3n) is 10.6. The highest BCUT2D eigenvalue weighted by Crippen LogP contribution is 2.37. The standard InChI is InChI=1S/C40H65NO15/c1-11-30(45)54-29-20-31(46)50-23(3)15-13-12-14-16-28(44)22(2)19-27(17-18-42)36(37(29)49-10)56-39-34(47)33(41(8)9)35(24(4)52-39)55-32-21-40(7,48)38(25(5)51-32)53-26(6)43/h12-14,16,18,22-25,27-29,32-39,44,47-48H,11,15,17,19-21H2,1-10H3. The molecule has 0 aromatic heterocycles. The quantitative estimate of drug-likeness (QED) is 0.156. The Morgan fingerprint density at radius 1 is 1.02 bits per heavy atom. The molecule has 0 aliphatic carbocycles. The average Bonchev–Trinajstić information content (AvgIpc) is 3.10. The Bertz CT molecular complexity index is 1340. The van der Waals surface area contributed by atoms with E-state index in [1.165, 1.54) is 21.0 Å². The van der Waals surface area contributed by atoms with E-state index >= 15 is 0 Å². The van der Waals surface area contributed by atoms with Gasteiger partial charge in [-0.25, -0.2) is 0 Å². The van der Waals surface area contributed by atoms with Crippen molar-refractivity contribution in [2.75, 3.05) is 21.2 Å². The Morgan fingerprint density at radius 3 is 2.30 bits per heavy atom. The van der Waals surface area contributed by atoms with Crippen molar-refractivity contribution in [2.24, 2.45) is 11.8 Å². The van der Waals surface area contributed by atoms with Crippen LogP contribution in [0.2, 0.25) is 0 Å². The number of hydrogen-bond acceptors (Lipinski definition) is 16. The van der Waals surface area contributed by atoms with E-state index in [1.807, 2.05) is 13.0 Å². The van der Waals surface area contributed by atoms with Crippen molar-refractivity contribution in [1.82, 2.24) is 4.90 Å². The summed E-state index contributed by atoms with van der Waals surface area (Å²) in [6.45, 7) is 11.3. The van der Waals surface area contributed by atoms with Crippen LogP contribution in [-0.4, -0.2) is 151 Å². The molecule has 16 unspecified atom stereocenters. The zero-order valence-corrected chi connectivity index (χ0v) is 34.5. The largest absolute Gasteiger partial charge is 0.462 e. The molecule has 0 spiro atoms. The first-order chi connectivity index (χ1) is 26.3. The van der Waals surface area contributed by atoms with Gasteiger partial charge in [0.1, 0.15) is 42.4 Å². The molecular weight excluding hydrogens is 734 g/mol. The zero-order valence-electron chi connectivity index (χ0n) is 34.5. The average molecular weight is 800 g/mol. The minimum Gasteiger partial charge on any atom is -0.462 e. The number of aliphatic hydroxyl groups is 3. The van der Waals surface area contributed by atoms with Gasteiger partial charge in [0.05, 0.1) is 36.9 Å². The number of methoxy groups -OCH3 is 1. The second-order valence-corrected chi connectivity index (χ2v) is 15.7. The summed E-state index contributed by atoms with van der Waals surface area (Å²) in [6, 6.07) is -0.778. The second-order valence-electron chi connectivity index (χ2n) is 15.7. The van der Waals surface area contributed by atoms with Crippen LogP contribution in [0.5, 0.6) is 0 Å². The van der Waals surface area contributed by atoms with Gasteiger partial charge in [0.25, 0.3) is 0 Å². The Labute approximate surface area is 330 Å². The van der Waals surface area contributed by atoms with Gasteiger partial charge in [0.2, 0.25) is 0 Å². The smallest absolute Gasteiger partial charge is 0.309 e. The van der Waals surface area contributed by atoms with Crippen molar-refractivity contribution in [1.29, 1.82) is 0 Å². The number of allylic oxidation sites excluding steroid dienone is 2. The van der Waals surface area contributed by atoms with Crippen LogP contribution < -0.4 is 0 Å². The lowest BCUT2D eigenvalue weighted by Crippen LogP contribution is -2.66. The van der Waals surface area contributed by atoms with Gasteiger partial charge in [0.15, 0.2) is 18.7 Å². The van der Waals surface area contributed by atoms with Gasteiger partial charge >= 0.3 is 17.9 Å².